The molecule has 1 aliphatic carbocycles. The maximum atomic E-state index is 11.6. The van der Waals surface area contributed by atoms with Crippen LogP contribution >= 0.6 is 0 Å². The smallest absolute Gasteiger partial charge is 0.305 e. The summed E-state index contributed by atoms with van der Waals surface area (Å²) in [5, 5.41) is 3.59. The lowest BCUT2D eigenvalue weighted by Gasteiger charge is -2.40. The molecule has 32 heavy (non-hydrogen) atoms. The maximum Gasteiger partial charge on any atom is 0.305 e. The Hall–Kier alpha value is -2.82. The Kier molecular flexibility index (Phi) is 6.27. The highest BCUT2D eigenvalue weighted by atomic mass is 16.5. The summed E-state index contributed by atoms with van der Waals surface area (Å²) in [7, 11) is 1.43. The van der Waals surface area contributed by atoms with Crippen molar-refractivity contribution in [2.24, 2.45) is 11.3 Å². The second-order valence-electron chi connectivity index (χ2n) is 10.3. The van der Waals surface area contributed by atoms with Crippen LogP contribution in [0.3, 0.4) is 0 Å². The third-order valence-corrected chi connectivity index (χ3v) is 6.64. The number of fused-ring (bicyclic) bond motifs is 1. The standard InChI is InChI=1S/C27H35N3O2/c1-18-6-10-21(11-7-18)28-26-29-23-15-20(9-13-25(31)32-5)8-12-24(23)30(26)22-14-19(2)16-27(3,4)17-22/h6-8,10-12,15,19,22H,9,13-14,16-17H2,1-5H3,(H,28,29)/t19-,22+/m0/s1. The second-order valence-corrected chi connectivity index (χ2v) is 10.3. The minimum atomic E-state index is -0.184. The van der Waals surface area contributed by atoms with Crippen molar-refractivity contribution >= 4 is 28.6 Å². The van der Waals surface area contributed by atoms with Gasteiger partial charge in [-0.2, -0.15) is 0 Å². The third kappa shape index (κ3) is 4.98. The number of rotatable bonds is 6. The van der Waals surface area contributed by atoms with Gasteiger partial charge in [-0.3, -0.25) is 4.79 Å². The molecule has 170 valence electrons. The number of aryl methyl sites for hydroxylation is 2. The Morgan fingerprint density at radius 2 is 1.94 bits per heavy atom. The molecule has 1 N–H and O–H groups in total. The molecule has 0 unspecified atom stereocenters. The molecule has 2 atom stereocenters. The normalized spacial score (nSPS) is 20.3. The average Bonchev–Trinajstić information content (AvgIpc) is 3.09. The van der Waals surface area contributed by atoms with Crippen molar-refractivity contribution in [1.82, 2.24) is 9.55 Å². The number of methoxy groups -OCH3 is 1. The number of aromatic nitrogens is 2. The van der Waals surface area contributed by atoms with Crippen molar-refractivity contribution < 1.29 is 9.53 Å². The molecule has 0 saturated heterocycles. The summed E-state index contributed by atoms with van der Waals surface area (Å²) in [5.74, 6) is 1.38. The van der Waals surface area contributed by atoms with Gasteiger partial charge in [-0.05, 0) is 73.8 Å². The van der Waals surface area contributed by atoms with Gasteiger partial charge in [0.1, 0.15) is 0 Å². The molecular weight excluding hydrogens is 398 g/mol. The van der Waals surface area contributed by atoms with Gasteiger partial charge >= 0.3 is 5.97 Å². The molecule has 2 aromatic carbocycles. The number of carbonyl (C=O) groups excluding carboxylic acids is 1. The lowest BCUT2D eigenvalue weighted by molar-refractivity contribution is -0.140. The van der Waals surface area contributed by atoms with Crippen LogP contribution < -0.4 is 5.32 Å². The number of carbonyl (C=O) groups is 1. The predicted molar refractivity (Wildman–Crippen MR) is 130 cm³/mol. The Balaban J connectivity index is 1.73. The zero-order valence-electron chi connectivity index (χ0n) is 19.9. The first-order chi connectivity index (χ1) is 15.2. The van der Waals surface area contributed by atoms with E-state index in [4.69, 9.17) is 9.72 Å². The van der Waals surface area contributed by atoms with Crippen LogP contribution in [0.15, 0.2) is 42.5 Å². The summed E-state index contributed by atoms with van der Waals surface area (Å²) in [6.45, 7) is 9.23. The Morgan fingerprint density at radius 1 is 1.19 bits per heavy atom. The Labute approximate surface area is 191 Å². The average molecular weight is 434 g/mol. The lowest BCUT2D eigenvalue weighted by Crippen LogP contribution is -2.29. The van der Waals surface area contributed by atoms with Crippen molar-refractivity contribution in [3.05, 3.63) is 53.6 Å². The minimum absolute atomic E-state index is 0.184. The quantitative estimate of drug-likeness (QED) is 0.446. The van der Waals surface area contributed by atoms with Crippen molar-refractivity contribution in [3.63, 3.8) is 0 Å². The van der Waals surface area contributed by atoms with Crippen molar-refractivity contribution in [2.75, 3.05) is 12.4 Å². The number of esters is 1. The van der Waals surface area contributed by atoms with Crippen LogP contribution in [0.2, 0.25) is 0 Å². The molecule has 5 heteroatoms. The molecule has 1 saturated carbocycles. The molecular formula is C27H35N3O2. The highest BCUT2D eigenvalue weighted by molar-refractivity contribution is 5.81. The number of nitrogens with one attached hydrogen (secondary N) is 1. The number of anilines is 2. The molecule has 4 rings (SSSR count). The molecule has 1 heterocycles. The molecule has 1 fully saturated rings. The number of hydrogen-bond acceptors (Lipinski definition) is 4. The first-order valence-electron chi connectivity index (χ1n) is 11.7. The van der Waals surface area contributed by atoms with Gasteiger partial charge in [0.05, 0.1) is 18.1 Å². The van der Waals surface area contributed by atoms with Gasteiger partial charge in [0.25, 0.3) is 0 Å². The second kappa shape index (κ2) is 8.97. The van der Waals surface area contributed by atoms with E-state index in [1.807, 2.05) is 0 Å². The van der Waals surface area contributed by atoms with Crippen molar-refractivity contribution in [2.45, 2.75) is 65.8 Å². The fourth-order valence-corrected chi connectivity index (χ4v) is 5.36. The van der Waals surface area contributed by atoms with Gasteiger partial charge < -0.3 is 14.6 Å². The molecule has 1 aromatic heterocycles. The molecule has 0 bridgehead atoms. The predicted octanol–water partition coefficient (Wildman–Crippen LogP) is 6.58. The lowest BCUT2D eigenvalue weighted by atomic mass is 9.70. The number of imidazole rings is 1. The van der Waals surface area contributed by atoms with Crippen LogP contribution in [0.5, 0.6) is 0 Å². The van der Waals surface area contributed by atoms with E-state index in [1.54, 1.807) is 0 Å². The zero-order valence-corrected chi connectivity index (χ0v) is 19.9. The Morgan fingerprint density at radius 3 is 2.62 bits per heavy atom. The summed E-state index contributed by atoms with van der Waals surface area (Å²) in [4.78, 5) is 16.6. The highest BCUT2D eigenvalue weighted by Gasteiger charge is 2.34. The molecule has 5 nitrogen and oxygen atoms in total. The summed E-state index contributed by atoms with van der Waals surface area (Å²) >= 11 is 0. The number of hydrogen-bond donors (Lipinski definition) is 1. The summed E-state index contributed by atoms with van der Waals surface area (Å²) in [6, 6.07) is 15.2. The van der Waals surface area contributed by atoms with E-state index in [0.717, 1.165) is 41.1 Å². The van der Waals surface area contributed by atoms with Gasteiger partial charge in [-0.15, -0.1) is 0 Å². The minimum Gasteiger partial charge on any atom is -0.469 e. The summed E-state index contributed by atoms with van der Waals surface area (Å²) < 4.78 is 7.21. The van der Waals surface area contributed by atoms with E-state index in [9.17, 15) is 4.79 Å². The fraction of sp³-hybridized carbons (Fsp3) is 0.481. The fourth-order valence-electron chi connectivity index (χ4n) is 5.36. The van der Waals surface area contributed by atoms with E-state index in [1.165, 1.54) is 19.1 Å². The third-order valence-electron chi connectivity index (χ3n) is 6.64. The van der Waals surface area contributed by atoms with Gasteiger partial charge in [0.2, 0.25) is 5.95 Å². The van der Waals surface area contributed by atoms with Crippen LogP contribution in [0, 0.1) is 18.3 Å². The van der Waals surface area contributed by atoms with Crippen LogP contribution in [0.1, 0.15) is 63.6 Å². The van der Waals surface area contributed by atoms with Crippen LogP contribution in [0.25, 0.3) is 11.0 Å². The SMILES string of the molecule is COC(=O)CCc1ccc2c(c1)nc(Nc1ccc(C)cc1)n2[C@@H]1C[C@H](C)CC(C)(C)C1. The zero-order chi connectivity index (χ0) is 22.9. The molecule has 0 aliphatic heterocycles. The van der Waals surface area contributed by atoms with Crippen molar-refractivity contribution in [1.29, 1.82) is 0 Å². The highest BCUT2D eigenvalue weighted by Crippen LogP contribution is 2.46. The summed E-state index contributed by atoms with van der Waals surface area (Å²) in [5.41, 5.74) is 5.81. The maximum absolute atomic E-state index is 11.6. The van der Waals surface area contributed by atoms with Gasteiger partial charge in [-0.25, -0.2) is 4.98 Å². The first-order valence-corrected chi connectivity index (χ1v) is 11.7. The van der Waals surface area contributed by atoms with Crippen LogP contribution in [-0.4, -0.2) is 22.6 Å². The number of ether oxygens (including phenoxy) is 1. The number of nitrogens with zero attached hydrogens (tertiary/aromatic N) is 2. The molecule has 0 spiro atoms. The largest absolute Gasteiger partial charge is 0.469 e. The van der Waals surface area contributed by atoms with E-state index in [0.29, 0.717) is 30.2 Å². The van der Waals surface area contributed by atoms with E-state index in [2.05, 4.69) is 80.0 Å². The molecule has 3 aromatic rings. The summed E-state index contributed by atoms with van der Waals surface area (Å²) in [6.07, 6.45) is 4.58. The topological polar surface area (TPSA) is 56.1 Å². The first kappa shape index (κ1) is 22.4. The number of benzene rings is 2. The van der Waals surface area contributed by atoms with Crippen molar-refractivity contribution in [3.8, 4) is 0 Å². The molecule has 1 aliphatic rings. The van der Waals surface area contributed by atoms with Crippen LogP contribution in [-0.2, 0) is 16.0 Å². The monoisotopic (exact) mass is 433 g/mol. The Bertz CT molecular complexity index is 1100. The molecule has 0 amide bonds. The molecule has 0 radical (unpaired) electrons. The van der Waals surface area contributed by atoms with E-state index >= 15 is 0 Å². The van der Waals surface area contributed by atoms with E-state index < -0.39 is 0 Å². The van der Waals surface area contributed by atoms with Crippen LogP contribution in [0.4, 0.5) is 11.6 Å². The van der Waals surface area contributed by atoms with Gasteiger partial charge in [0, 0.05) is 18.2 Å². The van der Waals surface area contributed by atoms with E-state index in [-0.39, 0.29) is 5.97 Å². The van der Waals surface area contributed by atoms with Gasteiger partial charge in [-0.1, -0.05) is 44.5 Å². The van der Waals surface area contributed by atoms with Gasteiger partial charge in [0.15, 0.2) is 0 Å².